The van der Waals surface area contributed by atoms with Crippen LogP contribution in [0, 0.1) is 0 Å². The van der Waals surface area contributed by atoms with E-state index in [1.165, 1.54) is 0 Å². The molecule has 2 rings (SSSR count). The number of para-hydroxylation sites is 2. The summed E-state index contributed by atoms with van der Waals surface area (Å²) in [4.78, 5) is 15.1. The van der Waals surface area contributed by atoms with E-state index in [-0.39, 0.29) is 18.3 Å². The van der Waals surface area contributed by atoms with Gasteiger partial charge in [0, 0.05) is 0 Å². The van der Waals surface area contributed by atoms with E-state index in [0.717, 1.165) is 5.52 Å². The highest BCUT2D eigenvalue weighted by atomic mass is 35.5. The van der Waals surface area contributed by atoms with Crippen LogP contribution in [-0.2, 0) is 11.3 Å². The average Bonchev–Trinajstić information content (AvgIpc) is 2.68. The monoisotopic (exact) mass is 224 g/mol. The summed E-state index contributed by atoms with van der Waals surface area (Å²) >= 11 is 5.33. The molecule has 15 heavy (non-hydrogen) atoms. The summed E-state index contributed by atoms with van der Waals surface area (Å²) in [5.41, 5.74) is 1.50. The molecule has 0 radical (unpaired) electrons. The molecule has 0 aliphatic carbocycles. The standard InChI is InChI=1S/C10H9ClN2O2/c11-5-9(14)12-6-10-13-7-3-1-2-4-8(7)15-10/h1-4H,5-6H2,(H,12,14). The Labute approximate surface area is 91.2 Å². The van der Waals surface area contributed by atoms with Crippen molar-refractivity contribution in [2.45, 2.75) is 6.54 Å². The van der Waals surface area contributed by atoms with Gasteiger partial charge in [-0.15, -0.1) is 11.6 Å². The lowest BCUT2D eigenvalue weighted by Crippen LogP contribution is -2.23. The third kappa shape index (κ3) is 2.27. The average molecular weight is 225 g/mol. The van der Waals surface area contributed by atoms with Gasteiger partial charge in [-0.25, -0.2) is 4.98 Å². The van der Waals surface area contributed by atoms with Gasteiger partial charge in [0.2, 0.25) is 11.8 Å². The Morgan fingerprint density at radius 1 is 1.47 bits per heavy atom. The predicted octanol–water partition coefficient (Wildman–Crippen LogP) is 1.68. The Morgan fingerprint density at radius 2 is 2.27 bits per heavy atom. The van der Waals surface area contributed by atoms with E-state index in [1.807, 2.05) is 24.3 Å². The zero-order valence-electron chi connectivity index (χ0n) is 7.87. The quantitative estimate of drug-likeness (QED) is 0.808. The van der Waals surface area contributed by atoms with Gasteiger partial charge in [-0.3, -0.25) is 4.79 Å². The van der Waals surface area contributed by atoms with Gasteiger partial charge < -0.3 is 9.73 Å². The normalized spacial score (nSPS) is 10.5. The van der Waals surface area contributed by atoms with Crippen LogP contribution in [0.4, 0.5) is 0 Å². The maximum atomic E-state index is 10.9. The molecule has 78 valence electrons. The van der Waals surface area contributed by atoms with Crippen LogP contribution in [0.15, 0.2) is 28.7 Å². The Bertz CT molecular complexity index is 448. The van der Waals surface area contributed by atoms with Crippen LogP contribution in [0.1, 0.15) is 5.89 Å². The molecule has 1 heterocycles. The van der Waals surface area contributed by atoms with Gasteiger partial charge in [0.1, 0.15) is 11.4 Å². The first kappa shape index (κ1) is 9.98. The highest BCUT2D eigenvalue weighted by molar-refractivity contribution is 6.27. The number of carbonyl (C=O) groups excluding carboxylic acids is 1. The molecule has 0 aliphatic heterocycles. The molecule has 0 atom stereocenters. The van der Waals surface area contributed by atoms with Crippen LogP contribution >= 0.6 is 11.6 Å². The molecule has 0 saturated heterocycles. The molecule has 1 N–H and O–H groups in total. The minimum atomic E-state index is -0.237. The first-order valence-electron chi connectivity index (χ1n) is 4.46. The number of nitrogens with zero attached hydrogens (tertiary/aromatic N) is 1. The van der Waals surface area contributed by atoms with Crippen LogP contribution in [-0.4, -0.2) is 16.8 Å². The summed E-state index contributed by atoms with van der Waals surface area (Å²) < 4.78 is 5.39. The zero-order chi connectivity index (χ0) is 10.7. The number of hydrogen-bond acceptors (Lipinski definition) is 3. The van der Waals surface area contributed by atoms with Crippen LogP contribution in [0.25, 0.3) is 11.1 Å². The van der Waals surface area contributed by atoms with Gasteiger partial charge in [0.05, 0.1) is 6.54 Å². The Kier molecular flexibility index (Phi) is 2.87. The number of halogens is 1. The van der Waals surface area contributed by atoms with Crippen LogP contribution in [0.3, 0.4) is 0 Å². The Balaban J connectivity index is 2.12. The number of carbonyl (C=O) groups is 1. The molecule has 5 heteroatoms. The second-order valence-electron chi connectivity index (χ2n) is 2.99. The van der Waals surface area contributed by atoms with Crippen molar-refractivity contribution < 1.29 is 9.21 Å². The van der Waals surface area contributed by atoms with Crippen molar-refractivity contribution in [3.8, 4) is 0 Å². The minimum Gasteiger partial charge on any atom is -0.439 e. The molecule has 0 unspecified atom stereocenters. The molecule has 0 fully saturated rings. The molecule has 0 bridgehead atoms. The third-order valence-electron chi connectivity index (χ3n) is 1.90. The molecule has 1 aromatic carbocycles. The lowest BCUT2D eigenvalue weighted by atomic mass is 10.3. The van der Waals surface area contributed by atoms with E-state index in [0.29, 0.717) is 11.5 Å². The Hall–Kier alpha value is -1.55. The number of benzene rings is 1. The molecular weight excluding hydrogens is 216 g/mol. The first-order valence-corrected chi connectivity index (χ1v) is 5.00. The van der Waals surface area contributed by atoms with Crippen LogP contribution < -0.4 is 5.32 Å². The molecule has 4 nitrogen and oxygen atoms in total. The molecular formula is C10H9ClN2O2. The zero-order valence-corrected chi connectivity index (χ0v) is 8.62. The Morgan fingerprint density at radius 3 is 3.00 bits per heavy atom. The fourth-order valence-electron chi connectivity index (χ4n) is 1.22. The lowest BCUT2D eigenvalue weighted by molar-refractivity contribution is -0.118. The molecule has 2 aromatic rings. The van der Waals surface area contributed by atoms with E-state index in [4.69, 9.17) is 16.0 Å². The number of nitrogens with one attached hydrogen (secondary N) is 1. The molecule has 1 amide bonds. The highest BCUT2D eigenvalue weighted by Crippen LogP contribution is 2.14. The maximum Gasteiger partial charge on any atom is 0.235 e. The molecule has 0 spiro atoms. The van der Waals surface area contributed by atoms with Gasteiger partial charge in [-0.2, -0.15) is 0 Å². The van der Waals surface area contributed by atoms with E-state index in [9.17, 15) is 4.79 Å². The van der Waals surface area contributed by atoms with Crippen molar-refractivity contribution >= 4 is 28.6 Å². The van der Waals surface area contributed by atoms with Gasteiger partial charge in [-0.05, 0) is 12.1 Å². The fourth-order valence-corrected chi connectivity index (χ4v) is 1.31. The minimum absolute atomic E-state index is 0.0553. The number of fused-ring (bicyclic) bond motifs is 1. The number of oxazole rings is 1. The summed E-state index contributed by atoms with van der Waals surface area (Å²) in [6, 6.07) is 7.43. The van der Waals surface area contributed by atoms with E-state index in [1.54, 1.807) is 0 Å². The second kappa shape index (κ2) is 4.31. The van der Waals surface area contributed by atoms with Gasteiger partial charge >= 0.3 is 0 Å². The lowest BCUT2D eigenvalue weighted by Gasteiger charge is -1.96. The summed E-state index contributed by atoms with van der Waals surface area (Å²) in [5.74, 6) is 0.189. The summed E-state index contributed by atoms with van der Waals surface area (Å²) in [6.45, 7) is 0.264. The van der Waals surface area contributed by atoms with E-state index < -0.39 is 0 Å². The van der Waals surface area contributed by atoms with Crippen molar-refractivity contribution in [1.82, 2.24) is 10.3 Å². The molecule has 0 aliphatic rings. The van der Waals surface area contributed by atoms with Crippen molar-refractivity contribution in [2.24, 2.45) is 0 Å². The van der Waals surface area contributed by atoms with Crippen molar-refractivity contribution in [1.29, 1.82) is 0 Å². The smallest absolute Gasteiger partial charge is 0.235 e. The van der Waals surface area contributed by atoms with Crippen molar-refractivity contribution in [3.63, 3.8) is 0 Å². The van der Waals surface area contributed by atoms with Gasteiger partial charge in [0.15, 0.2) is 5.58 Å². The number of aromatic nitrogens is 1. The molecule has 0 saturated carbocycles. The predicted molar refractivity (Wildman–Crippen MR) is 56.6 cm³/mol. The fraction of sp³-hybridized carbons (Fsp3) is 0.200. The van der Waals surface area contributed by atoms with Gasteiger partial charge in [0.25, 0.3) is 0 Å². The van der Waals surface area contributed by atoms with Gasteiger partial charge in [-0.1, -0.05) is 12.1 Å². The van der Waals surface area contributed by atoms with E-state index in [2.05, 4.69) is 10.3 Å². The number of rotatable bonds is 3. The second-order valence-corrected chi connectivity index (χ2v) is 3.25. The number of hydrogen-bond donors (Lipinski definition) is 1. The summed E-state index contributed by atoms with van der Waals surface area (Å²) in [5, 5.41) is 2.58. The largest absolute Gasteiger partial charge is 0.439 e. The van der Waals surface area contributed by atoms with Crippen LogP contribution in [0.5, 0.6) is 0 Å². The summed E-state index contributed by atoms with van der Waals surface area (Å²) in [7, 11) is 0. The number of amides is 1. The van der Waals surface area contributed by atoms with Crippen molar-refractivity contribution in [3.05, 3.63) is 30.2 Å². The first-order chi connectivity index (χ1) is 7.29. The van der Waals surface area contributed by atoms with Crippen molar-refractivity contribution in [2.75, 3.05) is 5.88 Å². The SMILES string of the molecule is O=C(CCl)NCc1nc2ccccc2o1. The van der Waals surface area contributed by atoms with E-state index >= 15 is 0 Å². The molecule has 1 aromatic heterocycles. The maximum absolute atomic E-state index is 10.9. The topological polar surface area (TPSA) is 55.1 Å². The summed E-state index contributed by atoms with van der Waals surface area (Å²) in [6.07, 6.45) is 0. The number of alkyl halides is 1. The highest BCUT2D eigenvalue weighted by Gasteiger charge is 2.05. The third-order valence-corrected chi connectivity index (χ3v) is 2.14. The van der Waals surface area contributed by atoms with Crippen LogP contribution in [0.2, 0.25) is 0 Å².